The number of nitrogens with one attached hydrogen (secondary N) is 1. The number of guanidine groups is 1. The molecule has 0 fully saturated rings. The molecule has 0 aromatic rings. The Labute approximate surface area is 105 Å². The van der Waals surface area contributed by atoms with Gasteiger partial charge in [-0.15, -0.1) is 0 Å². The fraction of sp³-hybridized carbons (Fsp3) is 0.769. The third-order valence-corrected chi connectivity index (χ3v) is 3.02. The molecule has 1 aliphatic heterocycles. The third kappa shape index (κ3) is 3.38. The SMILES string of the molecule is CC(C)CC1=C(N)NC(N)=NC1(C)CC(C)C. The minimum atomic E-state index is -0.252. The zero-order valence-electron chi connectivity index (χ0n) is 11.7. The van der Waals surface area contributed by atoms with Crippen LogP contribution in [0.3, 0.4) is 0 Å². The van der Waals surface area contributed by atoms with E-state index in [-0.39, 0.29) is 5.54 Å². The highest BCUT2D eigenvalue weighted by molar-refractivity contribution is 5.81. The molecule has 1 unspecified atom stereocenters. The Hall–Kier alpha value is -1.19. The average molecular weight is 238 g/mol. The van der Waals surface area contributed by atoms with Gasteiger partial charge in [-0.1, -0.05) is 27.7 Å². The summed E-state index contributed by atoms with van der Waals surface area (Å²) >= 11 is 0. The first kappa shape index (κ1) is 13.9. The summed E-state index contributed by atoms with van der Waals surface area (Å²) in [5.41, 5.74) is 12.8. The number of nitrogens with zero attached hydrogens (tertiary/aromatic N) is 1. The van der Waals surface area contributed by atoms with E-state index in [9.17, 15) is 0 Å². The monoisotopic (exact) mass is 238 g/mol. The highest BCUT2D eigenvalue weighted by Crippen LogP contribution is 2.35. The Kier molecular flexibility index (Phi) is 4.07. The maximum atomic E-state index is 6.08. The third-order valence-electron chi connectivity index (χ3n) is 3.02. The number of rotatable bonds is 4. The molecule has 4 heteroatoms. The van der Waals surface area contributed by atoms with E-state index in [0.29, 0.717) is 23.6 Å². The minimum Gasteiger partial charge on any atom is -0.385 e. The number of hydrogen-bond donors (Lipinski definition) is 3. The van der Waals surface area contributed by atoms with Crippen LogP contribution in [0.25, 0.3) is 0 Å². The first-order chi connectivity index (χ1) is 7.74. The molecule has 0 aromatic carbocycles. The Morgan fingerprint density at radius 1 is 1.18 bits per heavy atom. The van der Waals surface area contributed by atoms with E-state index < -0.39 is 0 Å². The van der Waals surface area contributed by atoms with Gasteiger partial charge >= 0.3 is 0 Å². The van der Waals surface area contributed by atoms with E-state index in [2.05, 4.69) is 44.9 Å². The molecule has 0 spiro atoms. The summed E-state index contributed by atoms with van der Waals surface area (Å²) in [6, 6.07) is 0. The number of nitrogens with two attached hydrogens (primary N) is 2. The molecule has 0 aliphatic carbocycles. The molecular weight excluding hydrogens is 212 g/mol. The maximum Gasteiger partial charge on any atom is 0.195 e. The van der Waals surface area contributed by atoms with Gasteiger partial charge in [0.1, 0.15) is 5.82 Å². The van der Waals surface area contributed by atoms with Gasteiger partial charge in [-0.25, -0.2) is 4.99 Å². The van der Waals surface area contributed by atoms with E-state index in [0.717, 1.165) is 12.8 Å². The van der Waals surface area contributed by atoms with E-state index in [1.54, 1.807) is 0 Å². The summed E-state index contributed by atoms with van der Waals surface area (Å²) in [6.07, 6.45) is 1.93. The molecule has 0 radical (unpaired) electrons. The van der Waals surface area contributed by atoms with Gasteiger partial charge in [0.25, 0.3) is 0 Å². The summed E-state index contributed by atoms with van der Waals surface area (Å²) < 4.78 is 0. The molecule has 5 N–H and O–H groups in total. The smallest absolute Gasteiger partial charge is 0.195 e. The van der Waals surface area contributed by atoms with Crippen molar-refractivity contribution in [2.45, 2.75) is 53.0 Å². The summed E-state index contributed by atoms with van der Waals surface area (Å²) in [6.45, 7) is 10.9. The van der Waals surface area contributed by atoms with Crippen molar-refractivity contribution in [2.24, 2.45) is 28.3 Å². The lowest BCUT2D eigenvalue weighted by molar-refractivity contribution is 0.389. The lowest BCUT2D eigenvalue weighted by Gasteiger charge is -2.36. The predicted octanol–water partition coefficient (Wildman–Crippen LogP) is 1.93. The van der Waals surface area contributed by atoms with Crippen molar-refractivity contribution in [3.05, 3.63) is 11.4 Å². The average Bonchev–Trinajstić information content (AvgIpc) is 2.09. The highest BCUT2D eigenvalue weighted by Gasteiger charge is 2.34. The van der Waals surface area contributed by atoms with Crippen LogP contribution in [-0.4, -0.2) is 11.5 Å². The second kappa shape index (κ2) is 4.98. The second-order valence-corrected chi connectivity index (χ2v) is 5.98. The summed E-state index contributed by atoms with van der Waals surface area (Å²) in [4.78, 5) is 4.58. The van der Waals surface area contributed by atoms with Crippen LogP contribution < -0.4 is 16.8 Å². The molecule has 0 saturated carbocycles. The molecule has 1 heterocycles. The van der Waals surface area contributed by atoms with E-state index in [1.165, 1.54) is 5.57 Å². The van der Waals surface area contributed by atoms with Gasteiger partial charge in [-0.2, -0.15) is 0 Å². The van der Waals surface area contributed by atoms with Gasteiger partial charge in [-0.3, -0.25) is 0 Å². The quantitative estimate of drug-likeness (QED) is 0.700. The van der Waals surface area contributed by atoms with Gasteiger partial charge in [0.2, 0.25) is 0 Å². The molecule has 1 rings (SSSR count). The first-order valence-electron chi connectivity index (χ1n) is 6.36. The van der Waals surface area contributed by atoms with Crippen LogP contribution in [0, 0.1) is 11.8 Å². The van der Waals surface area contributed by atoms with E-state index in [4.69, 9.17) is 11.5 Å². The standard InChI is InChI=1S/C13H26N4/c1-8(2)6-10-11(14)16-12(15)17-13(10,5)7-9(3)4/h8-9H,6-7,14H2,1-5H3,(H3,15,16,17). The Balaban J connectivity index is 3.06. The van der Waals surface area contributed by atoms with Crippen LogP contribution in [0.2, 0.25) is 0 Å². The van der Waals surface area contributed by atoms with E-state index >= 15 is 0 Å². The van der Waals surface area contributed by atoms with Crippen molar-refractivity contribution in [2.75, 3.05) is 0 Å². The zero-order valence-corrected chi connectivity index (χ0v) is 11.7. The summed E-state index contributed by atoms with van der Waals surface area (Å²) in [5, 5.41) is 2.95. The molecule has 0 aromatic heterocycles. The van der Waals surface area contributed by atoms with Crippen molar-refractivity contribution in [3.63, 3.8) is 0 Å². The molecular formula is C13H26N4. The molecule has 0 bridgehead atoms. The van der Waals surface area contributed by atoms with Crippen molar-refractivity contribution in [3.8, 4) is 0 Å². The maximum absolute atomic E-state index is 6.08. The largest absolute Gasteiger partial charge is 0.385 e. The van der Waals surface area contributed by atoms with Gasteiger partial charge < -0.3 is 16.8 Å². The van der Waals surface area contributed by atoms with Gasteiger partial charge in [0.05, 0.1) is 5.54 Å². The minimum absolute atomic E-state index is 0.252. The van der Waals surface area contributed by atoms with Crippen molar-refractivity contribution in [1.29, 1.82) is 0 Å². The second-order valence-electron chi connectivity index (χ2n) is 5.98. The van der Waals surface area contributed by atoms with Gasteiger partial charge in [0, 0.05) is 0 Å². The van der Waals surface area contributed by atoms with Crippen LogP contribution >= 0.6 is 0 Å². The first-order valence-corrected chi connectivity index (χ1v) is 6.36. The highest BCUT2D eigenvalue weighted by atomic mass is 15.2. The lowest BCUT2D eigenvalue weighted by atomic mass is 9.80. The van der Waals surface area contributed by atoms with Crippen molar-refractivity contribution in [1.82, 2.24) is 5.32 Å². The molecule has 98 valence electrons. The molecule has 17 heavy (non-hydrogen) atoms. The molecule has 4 nitrogen and oxygen atoms in total. The lowest BCUT2D eigenvalue weighted by Crippen LogP contribution is -2.46. The van der Waals surface area contributed by atoms with Crippen LogP contribution in [0.4, 0.5) is 0 Å². The predicted molar refractivity (Wildman–Crippen MR) is 73.3 cm³/mol. The molecule has 1 aliphatic rings. The fourth-order valence-electron chi connectivity index (χ4n) is 2.57. The molecule has 0 amide bonds. The van der Waals surface area contributed by atoms with E-state index in [1.807, 2.05) is 0 Å². The number of hydrogen-bond acceptors (Lipinski definition) is 4. The topological polar surface area (TPSA) is 76.4 Å². The zero-order chi connectivity index (χ0) is 13.2. The van der Waals surface area contributed by atoms with Crippen LogP contribution in [0.1, 0.15) is 47.5 Å². The van der Waals surface area contributed by atoms with Crippen molar-refractivity contribution >= 4 is 5.96 Å². The van der Waals surface area contributed by atoms with Crippen LogP contribution in [-0.2, 0) is 0 Å². The van der Waals surface area contributed by atoms with Crippen LogP contribution in [0.15, 0.2) is 16.4 Å². The fourth-order valence-corrected chi connectivity index (χ4v) is 2.57. The van der Waals surface area contributed by atoms with Gasteiger partial charge in [-0.05, 0) is 37.2 Å². The van der Waals surface area contributed by atoms with Crippen molar-refractivity contribution < 1.29 is 0 Å². The molecule has 0 saturated heterocycles. The van der Waals surface area contributed by atoms with Crippen LogP contribution in [0.5, 0.6) is 0 Å². The Morgan fingerprint density at radius 2 is 1.76 bits per heavy atom. The summed E-state index contributed by atoms with van der Waals surface area (Å²) in [7, 11) is 0. The summed E-state index contributed by atoms with van der Waals surface area (Å²) in [5.74, 6) is 2.24. The van der Waals surface area contributed by atoms with Gasteiger partial charge in [0.15, 0.2) is 5.96 Å². The number of aliphatic imine (C=N–C) groups is 1. The molecule has 1 atom stereocenters. The Bertz CT molecular complexity index is 341. The Morgan fingerprint density at radius 3 is 2.24 bits per heavy atom. The normalized spacial score (nSPS) is 25.2.